The van der Waals surface area contributed by atoms with Gasteiger partial charge in [-0.2, -0.15) is 0 Å². The second kappa shape index (κ2) is 5.18. The summed E-state index contributed by atoms with van der Waals surface area (Å²) in [5.41, 5.74) is 5.73. The van der Waals surface area contributed by atoms with Crippen molar-refractivity contribution in [1.29, 1.82) is 0 Å². The Bertz CT molecular complexity index is 657. The lowest BCUT2D eigenvalue weighted by Crippen LogP contribution is -2.07. The van der Waals surface area contributed by atoms with E-state index >= 15 is 0 Å². The van der Waals surface area contributed by atoms with Crippen LogP contribution in [0.25, 0.3) is 0 Å². The van der Waals surface area contributed by atoms with Crippen LogP contribution in [-0.4, -0.2) is 5.78 Å². The standard InChI is InChI=1S/C17H17ClO/c1-10-5-6-14(18)9-16(10)17(19)15-8-12(3)11(2)7-13(15)4/h5-9H,1-4H3. The number of ketones is 1. The molecule has 2 rings (SSSR count). The van der Waals surface area contributed by atoms with E-state index in [4.69, 9.17) is 11.6 Å². The number of hydrogen-bond acceptors (Lipinski definition) is 1. The molecule has 0 bridgehead atoms. The van der Waals surface area contributed by atoms with Gasteiger partial charge in [-0.1, -0.05) is 23.7 Å². The fraction of sp³-hybridized carbons (Fsp3) is 0.235. The molecule has 0 unspecified atom stereocenters. The molecular weight excluding hydrogens is 256 g/mol. The molecular formula is C17H17ClO. The molecule has 0 atom stereocenters. The Kier molecular flexibility index (Phi) is 3.77. The Balaban J connectivity index is 2.56. The summed E-state index contributed by atoms with van der Waals surface area (Å²) in [6.07, 6.45) is 0. The van der Waals surface area contributed by atoms with E-state index in [1.54, 1.807) is 12.1 Å². The number of rotatable bonds is 2. The molecule has 2 aromatic carbocycles. The maximum atomic E-state index is 12.6. The van der Waals surface area contributed by atoms with Crippen LogP contribution in [0.15, 0.2) is 30.3 Å². The average Bonchev–Trinajstić information content (AvgIpc) is 2.36. The van der Waals surface area contributed by atoms with Gasteiger partial charge in [0, 0.05) is 16.1 Å². The quantitative estimate of drug-likeness (QED) is 0.718. The summed E-state index contributed by atoms with van der Waals surface area (Å²) in [4.78, 5) is 12.6. The van der Waals surface area contributed by atoms with E-state index in [-0.39, 0.29) is 5.78 Å². The first kappa shape index (κ1) is 13.8. The first-order valence-corrected chi connectivity index (χ1v) is 6.66. The smallest absolute Gasteiger partial charge is 0.193 e. The number of aryl methyl sites for hydroxylation is 4. The normalized spacial score (nSPS) is 10.6. The average molecular weight is 273 g/mol. The van der Waals surface area contributed by atoms with Crippen molar-refractivity contribution < 1.29 is 4.79 Å². The van der Waals surface area contributed by atoms with Gasteiger partial charge < -0.3 is 0 Å². The zero-order chi connectivity index (χ0) is 14.2. The van der Waals surface area contributed by atoms with Gasteiger partial charge in [-0.3, -0.25) is 4.79 Å². The lowest BCUT2D eigenvalue weighted by molar-refractivity contribution is 0.103. The van der Waals surface area contributed by atoms with Gasteiger partial charge in [-0.25, -0.2) is 0 Å². The molecule has 98 valence electrons. The van der Waals surface area contributed by atoms with E-state index in [2.05, 4.69) is 13.0 Å². The van der Waals surface area contributed by atoms with Crippen molar-refractivity contribution >= 4 is 17.4 Å². The minimum Gasteiger partial charge on any atom is -0.289 e. The number of hydrogen-bond donors (Lipinski definition) is 0. The topological polar surface area (TPSA) is 17.1 Å². The Hall–Kier alpha value is -1.60. The van der Waals surface area contributed by atoms with Crippen LogP contribution in [0.5, 0.6) is 0 Å². The molecule has 2 aromatic rings. The first-order chi connectivity index (χ1) is 8.90. The summed E-state index contributed by atoms with van der Waals surface area (Å²) in [6, 6.07) is 9.45. The fourth-order valence-corrected chi connectivity index (χ4v) is 2.36. The van der Waals surface area contributed by atoms with Crippen molar-refractivity contribution in [2.75, 3.05) is 0 Å². The Morgan fingerprint density at radius 1 is 0.789 bits per heavy atom. The van der Waals surface area contributed by atoms with Crippen LogP contribution in [0.3, 0.4) is 0 Å². The maximum absolute atomic E-state index is 12.6. The minimum atomic E-state index is 0.0422. The van der Waals surface area contributed by atoms with Crippen molar-refractivity contribution in [1.82, 2.24) is 0 Å². The van der Waals surface area contributed by atoms with Gasteiger partial charge in [0.2, 0.25) is 0 Å². The predicted molar refractivity (Wildman–Crippen MR) is 80.3 cm³/mol. The van der Waals surface area contributed by atoms with Gasteiger partial charge in [0.25, 0.3) is 0 Å². The van der Waals surface area contributed by atoms with Gasteiger partial charge in [0.15, 0.2) is 5.78 Å². The SMILES string of the molecule is Cc1cc(C)c(C(=O)c2cc(Cl)ccc2C)cc1C. The molecule has 0 amide bonds. The highest BCUT2D eigenvalue weighted by Gasteiger charge is 2.15. The maximum Gasteiger partial charge on any atom is 0.193 e. The summed E-state index contributed by atoms with van der Waals surface area (Å²) in [6.45, 7) is 7.98. The third-order valence-corrected chi connectivity index (χ3v) is 3.76. The second-order valence-electron chi connectivity index (χ2n) is 5.04. The van der Waals surface area contributed by atoms with E-state index in [1.807, 2.05) is 32.9 Å². The molecule has 0 spiro atoms. The van der Waals surface area contributed by atoms with Crippen molar-refractivity contribution in [3.8, 4) is 0 Å². The number of halogens is 1. The van der Waals surface area contributed by atoms with Gasteiger partial charge in [-0.15, -0.1) is 0 Å². The van der Waals surface area contributed by atoms with Gasteiger partial charge >= 0.3 is 0 Å². The monoisotopic (exact) mass is 272 g/mol. The van der Waals surface area contributed by atoms with E-state index in [0.717, 1.165) is 22.3 Å². The Morgan fingerprint density at radius 3 is 2.05 bits per heavy atom. The number of carbonyl (C=O) groups is 1. The zero-order valence-corrected chi connectivity index (χ0v) is 12.4. The van der Waals surface area contributed by atoms with Crippen LogP contribution in [-0.2, 0) is 0 Å². The molecule has 0 fully saturated rings. The number of benzene rings is 2. The molecule has 1 nitrogen and oxygen atoms in total. The molecule has 0 aliphatic carbocycles. The Morgan fingerprint density at radius 2 is 1.37 bits per heavy atom. The molecule has 0 aliphatic heterocycles. The summed E-state index contributed by atoms with van der Waals surface area (Å²) < 4.78 is 0. The summed E-state index contributed by atoms with van der Waals surface area (Å²) >= 11 is 5.99. The summed E-state index contributed by atoms with van der Waals surface area (Å²) in [5, 5.41) is 0.593. The van der Waals surface area contributed by atoms with Crippen LogP contribution in [0.1, 0.15) is 38.2 Å². The predicted octanol–water partition coefficient (Wildman–Crippen LogP) is 4.80. The van der Waals surface area contributed by atoms with Crippen LogP contribution in [0.2, 0.25) is 5.02 Å². The van der Waals surface area contributed by atoms with Crippen molar-refractivity contribution in [3.63, 3.8) is 0 Å². The van der Waals surface area contributed by atoms with Gasteiger partial charge in [0.1, 0.15) is 0 Å². The van der Waals surface area contributed by atoms with E-state index in [0.29, 0.717) is 10.6 Å². The number of carbonyl (C=O) groups excluding carboxylic acids is 1. The third kappa shape index (κ3) is 2.71. The molecule has 0 heterocycles. The molecule has 0 saturated carbocycles. The molecule has 0 N–H and O–H groups in total. The van der Waals surface area contributed by atoms with Crippen LogP contribution in [0.4, 0.5) is 0 Å². The van der Waals surface area contributed by atoms with Crippen LogP contribution >= 0.6 is 11.6 Å². The van der Waals surface area contributed by atoms with Gasteiger partial charge in [0.05, 0.1) is 0 Å². The largest absolute Gasteiger partial charge is 0.289 e. The van der Waals surface area contributed by atoms with Crippen LogP contribution < -0.4 is 0 Å². The molecule has 0 radical (unpaired) electrons. The van der Waals surface area contributed by atoms with E-state index < -0.39 is 0 Å². The van der Waals surface area contributed by atoms with Crippen molar-refractivity contribution in [3.05, 3.63) is 68.7 Å². The van der Waals surface area contributed by atoms with E-state index in [1.165, 1.54) is 5.56 Å². The highest BCUT2D eigenvalue weighted by atomic mass is 35.5. The second-order valence-corrected chi connectivity index (χ2v) is 5.48. The zero-order valence-electron chi connectivity index (χ0n) is 11.7. The van der Waals surface area contributed by atoms with Gasteiger partial charge in [-0.05, 0) is 68.1 Å². The highest BCUT2D eigenvalue weighted by molar-refractivity contribution is 6.31. The summed E-state index contributed by atoms with van der Waals surface area (Å²) in [7, 11) is 0. The Labute approximate surface area is 119 Å². The van der Waals surface area contributed by atoms with Crippen molar-refractivity contribution in [2.45, 2.75) is 27.7 Å². The summed E-state index contributed by atoms with van der Waals surface area (Å²) in [5.74, 6) is 0.0422. The third-order valence-electron chi connectivity index (χ3n) is 3.53. The van der Waals surface area contributed by atoms with Crippen molar-refractivity contribution in [2.24, 2.45) is 0 Å². The lowest BCUT2D eigenvalue weighted by atomic mass is 9.93. The lowest BCUT2D eigenvalue weighted by Gasteiger charge is -2.11. The first-order valence-electron chi connectivity index (χ1n) is 6.29. The molecule has 0 aliphatic rings. The van der Waals surface area contributed by atoms with Crippen LogP contribution in [0, 0.1) is 27.7 Å². The highest BCUT2D eigenvalue weighted by Crippen LogP contribution is 2.22. The molecule has 0 aromatic heterocycles. The fourth-order valence-electron chi connectivity index (χ4n) is 2.19. The molecule has 19 heavy (non-hydrogen) atoms. The molecule has 0 saturated heterocycles. The molecule has 2 heteroatoms. The minimum absolute atomic E-state index is 0.0422. The van der Waals surface area contributed by atoms with E-state index in [9.17, 15) is 4.79 Å².